The molecule has 0 aliphatic carbocycles. The molecule has 0 aromatic heterocycles. The first-order valence-corrected chi connectivity index (χ1v) is 7.95. The Labute approximate surface area is 143 Å². The highest BCUT2D eigenvalue weighted by molar-refractivity contribution is 6.32. The van der Waals surface area contributed by atoms with Crippen molar-refractivity contribution in [3.05, 3.63) is 63.7 Å². The van der Waals surface area contributed by atoms with Crippen molar-refractivity contribution in [3.8, 4) is 0 Å². The third kappa shape index (κ3) is 3.73. The van der Waals surface area contributed by atoms with Crippen LogP contribution < -0.4 is 5.32 Å². The van der Waals surface area contributed by atoms with Gasteiger partial charge in [-0.1, -0.05) is 43.6 Å². The molecule has 0 radical (unpaired) electrons. The molecule has 0 aliphatic rings. The van der Waals surface area contributed by atoms with Crippen LogP contribution in [0.3, 0.4) is 0 Å². The van der Waals surface area contributed by atoms with Crippen LogP contribution in [-0.2, 0) is 19.0 Å². The predicted molar refractivity (Wildman–Crippen MR) is 89.6 cm³/mol. The third-order valence-corrected chi connectivity index (χ3v) is 4.15. The molecule has 0 saturated carbocycles. The first kappa shape index (κ1) is 18.3. The zero-order chi connectivity index (χ0) is 17.9. The number of carbonyl (C=O) groups excluding carboxylic acids is 1. The van der Waals surface area contributed by atoms with Crippen molar-refractivity contribution >= 4 is 23.2 Å². The number of benzene rings is 2. The van der Waals surface area contributed by atoms with E-state index in [1.807, 2.05) is 13.8 Å². The Bertz CT molecular complexity index is 756. The van der Waals surface area contributed by atoms with Gasteiger partial charge in [0.1, 0.15) is 0 Å². The van der Waals surface area contributed by atoms with Crippen LogP contribution in [0, 0.1) is 0 Å². The number of rotatable bonds is 4. The Balaban J connectivity index is 2.47. The second kappa shape index (κ2) is 7.26. The molecule has 2 rings (SSSR count). The fourth-order valence-corrected chi connectivity index (χ4v) is 2.87. The van der Waals surface area contributed by atoms with Crippen LogP contribution in [0.15, 0.2) is 36.4 Å². The van der Waals surface area contributed by atoms with Gasteiger partial charge in [0.2, 0.25) is 0 Å². The standard InChI is InChI=1S/C18H17ClF3NO/c1-3-11-9-10-15(19)12(4-2)16(11)23-17(24)13-7-5-6-8-14(13)18(20,21)22/h5-10H,3-4H2,1-2H3,(H,23,24). The molecule has 0 bridgehead atoms. The number of nitrogens with one attached hydrogen (secondary N) is 1. The van der Waals surface area contributed by atoms with Crippen molar-refractivity contribution in [1.82, 2.24) is 0 Å². The summed E-state index contributed by atoms with van der Waals surface area (Å²) < 4.78 is 39.3. The summed E-state index contributed by atoms with van der Waals surface area (Å²) in [6.45, 7) is 3.78. The van der Waals surface area contributed by atoms with E-state index in [1.54, 1.807) is 12.1 Å². The van der Waals surface area contributed by atoms with Gasteiger partial charge >= 0.3 is 6.18 Å². The van der Waals surface area contributed by atoms with Crippen molar-refractivity contribution < 1.29 is 18.0 Å². The van der Waals surface area contributed by atoms with Gasteiger partial charge in [-0.25, -0.2) is 0 Å². The summed E-state index contributed by atoms with van der Waals surface area (Å²) >= 11 is 6.16. The molecule has 128 valence electrons. The maximum Gasteiger partial charge on any atom is 0.417 e. The fraction of sp³-hybridized carbons (Fsp3) is 0.278. The summed E-state index contributed by atoms with van der Waals surface area (Å²) in [5.74, 6) is -0.797. The molecule has 2 nitrogen and oxygen atoms in total. The summed E-state index contributed by atoms with van der Waals surface area (Å²) in [6.07, 6.45) is -3.41. The number of amides is 1. The number of aryl methyl sites for hydroxylation is 1. The molecule has 0 fully saturated rings. The van der Waals surface area contributed by atoms with Gasteiger partial charge in [-0.15, -0.1) is 0 Å². The molecule has 0 spiro atoms. The molecular formula is C18H17ClF3NO. The maximum absolute atomic E-state index is 13.1. The highest BCUT2D eigenvalue weighted by Gasteiger charge is 2.35. The van der Waals surface area contributed by atoms with Crippen LogP contribution in [0.1, 0.15) is 40.9 Å². The minimum Gasteiger partial charge on any atom is -0.321 e. The number of alkyl halides is 3. The van der Waals surface area contributed by atoms with Gasteiger partial charge in [-0.3, -0.25) is 4.79 Å². The van der Waals surface area contributed by atoms with Crippen LogP contribution in [0.4, 0.5) is 18.9 Å². The quantitative estimate of drug-likeness (QED) is 0.744. The Kier molecular flexibility index (Phi) is 5.54. The molecule has 0 aliphatic heterocycles. The molecule has 0 saturated heterocycles. The van der Waals surface area contributed by atoms with Gasteiger partial charge in [0, 0.05) is 10.7 Å². The number of hydrogen-bond donors (Lipinski definition) is 1. The number of halogens is 4. The van der Waals surface area contributed by atoms with Gasteiger partial charge in [-0.2, -0.15) is 13.2 Å². The average Bonchev–Trinajstić information content (AvgIpc) is 2.54. The van der Waals surface area contributed by atoms with Crippen molar-refractivity contribution in [3.63, 3.8) is 0 Å². The lowest BCUT2D eigenvalue weighted by atomic mass is 10.0. The topological polar surface area (TPSA) is 29.1 Å². The number of hydrogen-bond acceptors (Lipinski definition) is 1. The van der Waals surface area contributed by atoms with Crippen LogP contribution in [0.25, 0.3) is 0 Å². The summed E-state index contributed by atoms with van der Waals surface area (Å²) in [5.41, 5.74) is 0.673. The Morgan fingerprint density at radius 1 is 1.08 bits per heavy atom. The van der Waals surface area contributed by atoms with Crippen molar-refractivity contribution in [1.29, 1.82) is 0 Å². The number of anilines is 1. The number of carbonyl (C=O) groups is 1. The molecule has 2 aromatic carbocycles. The molecule has 0 atom stereocenters. The van der Waals surface area contributed by atoms with Crippen LogP contribution in [0.2, 0.25) is 5.02 Å². The summed E-state index contributed by atoms with van der Waals surface area (Å²) in [6, 6.07) is 8.23. The lowest BCUT2D eigenvalue weighted by molar-refractivity contribution is -0.137. The molecule has 0 unspecified atom stereocenters. The molecule has 0 heterocycles. The molecule has 24 heavy (non-hydrogen) atoms. The smallest absolute Gasteiger partial charge is 0.321 e. The molecule has 1 N–H and O–H groups in total. The average molecular weight is 356 g/mol. The van der Waals surface area contributed by atoms with Gasteiger partial charge in [-0.05, 0) is 42.2 Å². The second-order valence-corrected chi connectivity index (χ2v) is 5.67. The highest BCUT2D eigenvalue weighted by atomic mass is 35.5. The molecule has 1 amide bonds. The van der Waals surface area contributed by atoms with E-state index in [0.29, 0.717) is 29.1 Å². The van der Waals surface area contributed by atoms with Crippen LogP contribution in [0.5, 0.6) is 0 Å². The lowest BCUT2D eigenvalue weighted by Gasteiger charge is -2.17. The minimum absolute atomic E-state index is 0.408. The molecular weight excluding hydrogens is 339 g/mol. The summed E-state index contributed by atoms with van der Waals surface area (Å²) in [5, 5.41) is 3.11. The molecule has 2 aromatic rings. The zero-order valence-corrected chi connectivity index (χ0v) is 14.1. The zero-order valence-electron chi connectivity index (χ0n) is 13.3. The van der Waals surface area contributed by atoms with Gasteiger partial charge in [0.25, 0.3) is 5.91 Å². The lowest BCUT2D eigenvalue weighted by Crippen LogP contribution is -2.20. The van der Waals surface area contributed by atoms with Gasteiger partial charge < -0.3 is 5.32 Å². The van der Waals surface area contributed by atoms with E-state index in [9.17, 15) is 18.0 Å². The van der Waals surface area contributed by atoms with E-state index in [4.69, 9.17) is 11.6 Å². The normalized spacial score (nSPS) is 11.4. The monoisotopic (exact) mass is 355 g/mol. The van der Waals surface area contributed by atoms with E-state index >= 15 is 0 Å². The van der Waals surface area contributed by atoms with Crippen molar-refractivity contribution in [2.24, 2.45) is 0 Å². The third-order valence-electron chi connectivity index (χ3n) is 3.79. The predicted octanol–water partition coefficient (Wildman–Crippen LogP) is 5.74. The van der Waals surface area contributed by atoms with E-state index in [2.05, 4.69) is 5.32 Å². The van der Waals surface area contributed by atoms with Crippen LogP contribution in [-0.4, -0.2) is 5.91 Å². The first-order chi connectivity index (χ1) is 11.3. The van der Waals surface area contributed by atoms with E-state index in [-0.39, 0.29) is 0 Å². The SMILES string of the molecule is CCc1ccc(Cl)c(CC)c1NC(=O)c1ccccc1C(F)(F)F. The second-order valence-electron chi connectivity index (χ2n) is 5.26. The van der Waals surface area contributed by atoms with E-state index in [0.717, 1.165) is 11.6 Å². The van der Waals surface area contributed by atoms with Crippen molar-refractivity contribution in [2.45, 2.75) is 32.9 Å². The van der Waals surface area contributed by atoms with Gasteiger partial charge in [0.15, 0.2) is 0 Å². The fourth-order valence-electron chi connectivity index (χ4n) is 2.58. The van der Waals surface area contributed by atoms with Crippen molar-refractivity contribution in [2.75, 3.05) is 5.32 Å². The summed E-state index contributed by atoms with van der Waals surface area (Å²) in [4.78, 5) is 12.5. The maximum atomic E-state index is 13.1. The Morgan fingerprint density at radius 3 is 2.33 bits per heavy atom. The first-order valence-electron chi connectivity index (χ1n) is 7.57. The largest absolute Gasteiger partial charge is 0.417 e. The minimum atomic E-state index is -4.59. The van der Waals surface area contributed by atoms with Gasteiger partial charge in [0.05, 0.1) is 11.1 Å². The van der Waals surface area contributed by atoms with Crippen LogP contribution >= 0.6 is 11.6 Å². The Morgan fingerprint density at radius 2 is 1.75 bits per heavy atom. The molecule has 6 heteroatoms. The summed E-state index contributed by atoms with van der Waals surface area (Å²) in [7, 11) is 0. The van der Waals surface area contributed by atoms with E-state index < -0.39 is 23.2 Å². The van der Waals surface area contributed by atoms with E-state index in [1.165, 1.54) is 18.2 Å². The highest BCUT2D eigenvalue weighted by Crippen LogP contribution is 2.34. The Hall–Kier alpha value is -2.01.